The molecule has 0 unspecified atom stereocenters. The third-order valence-corrected chi connectivity index (χ3v) is 6.61. The van der Waals surface area contributed by atoms with Gasteiger partial charge in [-0.15, -0.1) is 11.3 Å². The molecule has 0 saturated heterocycles. The number of carbonyl (C=O) groups excluding carboxylic acids is 1. The highest BCUT2D eigenvalue weighted by atomic mass is 32.1. The van der Waals surface area contributed by atoms with E-state index in [0.29, 0.717) is 5.92 Å². The fourth-order valence-corrected chi connectivity index (χ4v) is 4.90. The van der Waals surface area contributed by atoms with E-state index in [1.165, 1.54) is 16.9 Å². The number of aryl methyl sites for hydroxylation is 2. The van der Waals surface area contributed by atoms with Gasteiger partial charge in [0.05, 0.1) is 12.0 Å². The molecule has 0 spiro atoms. The van der Waals surface area contributed by atoms with Gasteiger partial charge >= 0.3 is 0 Å². The van der Waals surface area contributed by atoms with Crippen LogP contribution in [0.4, 0.5) is 0 Å². The smallest absolute Gasteiger partial charge is 0.262 e. The SMILES string of the molecule is COc1cccc([C@H](NC(=O)c2cc3c(s2)CC[C@@H](C)C3)c2nccn2C)c1. The summed E-state index contributed by atoms with van der Waals surface area (Å²) in [7, 11) is 3.58. The summed E-state index contributed by atoms with van der Waals surface area (Å²) in [6.07, 6.45) is 6.99. The number of thiophene rings is 1. The first kappa shape index (κ1) is 18.7. The van der Waals surface area contributed by atoms with E-state index in [0.717, 1.165) is 34.9 Å². The van der Waals surface area contributed by atoms with Crippen LogP contribution in [0, 0.1) is 5.92 Å². The lowest BCUT2D eigenvalue weighted by Gasteiger charge is -2.19. The van der Waals surface area contributed by atoms with E-state index < -0.39 is 0 Å². The molecule has 2 heterocycles. The Balaban J connectivity index is 1.64. The van der Waals surface area contributed by atoms with Crippen LogP contribution in [0.1, 0.15) is 50.9 Å². The van der Waals surface area contributed by atoms with Gasteiger partial charge in [0.25, 0.3) is 5.91 Å². The molecule has 1 aromatic carbocycles. The Labute approximate surface area is 169 Å². The average molecular weight is 396 g/mol. The molecule has 0 radical (unpaired) electrons. The number of amides is 1. The maximum Gasteiger partial charge on any atom is 0.262 e. The fourth-order valence-electron chi connectivity index (χ4n) is 3.79. The molecular formula is C22H25N3O2S. The number of ether oxygens (including phenoxy) is 1. The van der Waals surface area contributed by atoms with E-state index >= 15 is 0 Å². The van der Waals surface area contributed by atoms with Gasteiger partial charge in [0.15, 0.2) is 0 Å². The number of methoxy groups -OCH3 is 1. The molecule has 1 amide bonds. The Kier molecular flexibility index (Phi) is 5.22. The maximum atomic E-state index is 13.1. The molecule has 3 aromatic rings. The molecule has 1 aliphatic rings. The molecule has 2 aromatic heterocycles. The Morgan fingerprint density at radius 2 is 2.25 bits per heavy atom. The molecule has 0 aliphatic heterocycles. The van der Waals surface area contributed by atoms with E-state index in [4.69, 9.17) is 4.74 Å². The predicted octanol–water partition coefficient (Wildman–Crippen LogP) is 4.13. The third-order valence-electron chi connectivity index (χ3n) is 5.37. The van der Waals surface area contributed by atoms with Crippen molar-refractivity contribution in [2.45, 2.75) is 32.2 Å². The zero-order valence-electron chi connectivity index (χ0n) is 16.4. The molecule has 1 N–H and O–H groups in total. The Bertz CT molecular complexity index is 991. The van der Waals surface area contributed by atoms with Crippen molar-refractivity contribution < 1.29 is 9.53 Å². The average Bonchev–Trinajstić information content (AvgIpc) is 3.31. The van der Waals surface area contributed by atoms with Gasteiger partial charge in [0, 0.05) is 24.3 Å². The molecule has 4 rings (SSSR count). The number of rotatable bonds is 5. The highest BCUT2D eigenvalue weighted by molar-refractivity contribution is 7.14. The van der Waals surface area contributed by atoms with Gasteiger partial charge in [-0.05, 0) is 54.5 Å². The lowest BCUT2D eigenvalue weighted by Crippen LogP contribution is -2.30. The van der Waals surface area contributed by atoms with Gasteiger partial charge in [-0.1, -0.05) is 19.1 Å². The van der Waals surface area contributed by atoms with E-state index in [2.05, 4.69) is 23.3 Å². The van der Waals surface area contributed by atoms with Gasteiger partial charge < -0.3 is 14.6 Å². The molecule has 146 valence electrons. The zero-order valence-corrected chi connectivity index (χ0v) is 17.3. The number of imidazole rings is 1. The van der Waals surface area contributed by atoms with Crippen LogP contribution in [0.25, 0.3) is 0 Å². The van der Waals surface area contributed by atoms with Crippen LogP contribution in [-0.4, -0.2) is 22.6 Å². The van der Waals surface area contributed by atoms with Gasteiger partial charge in [0.1, 0.15) is 17.6 Å². The topological polar surface area (TPSA) is 56.1 Å². The minimum Gasteiger partial charge on any atom is -0.497 e. The second-order valence-corrected chi connectivity index (χ2v) is 8.62. The number of hydrogen-bond donors (Lipinski definition) is 1. The summed E-state index contributed by atoms with van der Waals surface area (Å²) in [5.74, 6) is 2.18. The summed E-state index contributed by atoms with van der Waals surface area (Å²) in [6, 6.07) is 9.49. The van der Waals surface area contributed by atoms with Crippen LogP contribution < -0.4 is 10.1 Å². The molecule has 0 saturated carbocycles. The molecule has 0 fully saturated rings. The van der Waals surface area contributed by atoms with Gasteiger partial charge in [-0.25, -0.2) is 4.98 Å². The molecule has 28 heavy (non-hydrogen) atoms. The first-order chi connectivity index (χ1) is 13.5. The molecule has 5 nitrogen and oxygen atoms in total. The van der Waals surface area contributed by atoms with Crippen LogP contribution in [-0.2, 0) is 19.9 Å². The van der Waals surface area contributed by atoms with E-state index in [9.17, 15) is 4.79 Å². The number of fused-ring (bicyclic) bond motifs is 1. The standard InChI is InChI=1S/C22H25N3O2S/c1-14-7-8-18-16(11-14)13-19(28-18)22(26)24-20(21-23-9-10-25(21)2)15-5-4-6-17(12-15)27-3/h4-6,9-10,12-14,20H,7-8,11H2,1-3H3,(H,24,26)/t14-,20+/m1/s1. The second kappa shape index (κ2) is 7.80. The van der Waals surface area contributed by atoms with Gasteiger partial charge in [-0.2, -0.15) is 0 Å². The van der Waals surface area contributed by atoms with Gasteiger partial charge in [-0.3, -0.25) is 4.79 Å². The zero-order chi connectivity index (χ0) is 19.7. The first-order valence-corrected chi connectivity index (χ1v) is 10.4. The normalized spacial score (nSPS) is 17.0. The molecular weight excluding hydrogens is 370 g/mol. The summed E-state index contributed by atoms with van der Waals surface area (Å²) in [4.78, 5) is 19.7. The van der Waals surface area contributed by atoms with Crippen molar-refractivity contribution in [3.63, 3.8) is 0 Å². The number of carbonyl (C=O) groups is 1. The molecule has 2 atom stereocenters. The minimum absolute atomic E-state index is 0.0529. The number of hydrogen-bond acceptors (Lipinski definition) is 4. The van der Waals surface area contributed by atoms with Crippen molar-refractivity contribution in [3.8, 4) is 5.75 Å². The van der Waals surface area contributed by atoms with E-state index in [1.807, 2.05) is 42.1 Å². The van der Waals surface area contributed by atoms with Crippen LogP contribution in [0.3, 0.4) is 0 Å². The van der Waals surface area contributed by atoms with Crippen LogP contribution >= 0.6 is 11.3 Å². The summed E-state index contributed by atoms with van der Waals surface area (Å²) in [6.45, 7) is 2.28. The highest BCUT2D eigenvalue weighted by Crippen LogP contribution is 2.33. The van der Waals surface area contributed by atoms with Crippen LogP contribution in [0.2, 0.25) is 0 Å². The van der Waals surface area contributed by atoms with Gasteiger partial charge in [0.2, 0.25) is 0 Å². The van der Waals surface area contributed by atoms with Crippen molar-refractivity contribution in [1.82, 2.24) is 14.9 Å². The summed E-state index contributed by atoms with van der Waals surface area (Å²) < 4.78 is 7.31. The predicted molar refractivity (Wildman–Crippen MR) is 111 cm³/mol. The third kappa shape index (κ3) is 3.69. The maximum absolute atomic E-state index is 13.1. The van der Waals surface area contributed by atoms with Crippen molar-refractivity contribution in [2.75, 3.05) is 7.11 Å². The first-order valence-electron chi connectivity index (χ1n) is 9.58. The number of nitrogens with zero attached hydrogens (tertiary/aromatic N) is 2. The molecule has 1 aliphatic carbocycles. The Morgan fingerprint density at radius 3 is 3.00 bits per heavy atom. The van der Waals surface area contributed by atoms with Crippen LogP contribution in [0.15, 0.2) is 42.7 Å². The largest absolute Gasteiger partial charge is 0.497 e. The lowest BCUT2D eigenvalue weighted by molar-refractivity contribution is 0.0945. The Hall–Kier alpha value is -2.60. The monoisotopic (exact) mass is 395 g/mol. The fraction of sp³-hybridized carbons (Fsp3) is 0.364. The molecule has 0 bridgehead atoms. The second-order valence-electron chi connectivity index (χ2n) is 7.49. The highest BCUT2D eigenvalue weighted by Gasteiger charge is 2.25. The molecule has 6 heteroatoms. The quantitative estimate of drug-likeness (QED) is 0.707. The van der Waals surface area contributed by atoms with Crippen LogP contribution in [0.5, 0.6) is 5.75 Å². The van der Waals surface area contributed by atoms with Crippen molar-refractivity contribution in [2.24, 2.45) is 13.0 Å². The van der Waals surface area contributed by atoms with Crippen molar-refractivity contribution >= 4 is 17.2 Å². The number of benzene rings is 1. The summed E-state index contributed by atoms with van der Waals surface area (Å²) in [5.41, 5.74) is 2.28. The summed E-state index contributed by atoms with van der Waals surface area (Å²) in [5, 5.41) is 3.20. The van der Waals surface area contributed by atoms with E-state index in [1.54, 1.807) is 24.6 Å². The lowest BCUT2D eigenvalue weighted by atomic mass is 9.90. The Morgan fingerprint density at radius 1 is 1.39 bits per heavy atom. The number of nitrogens with one attached hydrogen (secondary N) is 1. The minimum atomic E-state index is -0.347. The summed E-state index contributed by atoms with van der Waals surface area (Å²) >= 11 is 1.63. The number of aromatic nitrogens is 2. The van der Waals surface area contributed by atoms with Crippen molar-refractivity contribution in [3.05, 3.63) is 69.4 Å². The van der Waals surface area contributed by atoms with E-state index in [-0.39, 0.29) is 11.9 Å². The van der Waals surface area contributed by atoms with Crippen molar-refractivity contribution in [1.29, 1.82) is 0 Å².